The van der Waals surface area contributed by atoms with E-state index in [2.05, 4.69) is 16.0 Å². The van der Waals surface area contributed by atoms with Gasteiger partial charge in [0.2, 0.25) is 5.91 Å². The fourth-order valence-electron chi connectivity index (χ4n) is 2.23. The van der Waals surface area contributed by atoms with E-state index in [1.165, 1.54) is 0 Å². The van der Waals surface area contributed by atoms with Gasteiger partial charge in [0.15, 0.2) is 6.10 Å². The van der Waals surface area contributed by atoms with Crippen molar-refractivity contribution in [2.75, 3.05) is 18.9 Å². The van der Waals surface area contributed by atoms with Gasteiger partial charge in [-0.15, -0.1) is 12.4 Å². The quantitative estimate of drug-likeness (QED) is 0.767. The van der Waals surface area contributed by atoms with Gasteiger partial charge in [0.1, 0.15) is 5.75 Å². The molecule has 122 valence electrons. The Morgan fingerprint density at radius 1 is 1.45 bits per heavy atom. The summed E-state index contributed by atoms with van der Waals surface area (Å²) in [5.74, 6) is 0.463. The molecule has 0 saturated heterocycles. The summed E-state index contributed by atoms with van der Waals surface area (Å²) in [4.78, 5) is 23.3. The Morgan fingerprint density at radius 2 is 2.18 bits per heavy atom. The number of amides is 2. The van der Waals surface area contributed by atoms with Crippen LogP contribution in [0, 0.1) is 0 Å². The second-order valence-electron chi connectivity index (χ2n) is 5.08. The van der Waals surface area contributed by atoms with Crippen LogP contribution in [0.2, 0.25) is 0 Å². The average Bonchev–Trinajstić information content (AvgIpc) is 2.46. The molecule has 0 radical (unpaired) electrons. The predicted molar refractivity (Wildman–Crippen MR) is 87.5 cm³/mol. The first-order valence-electron chi connectivity index (χ1n) is 7.10. The van der Waals surface area contributed by atoms with Crippen molar-refractivity contribution in [2.45, 2.75) is 32.4 Å². The smallest absolute Gasteiger partial charge is 0.265 e. The van der Waals surface area contributed by atoms with Crippen molar-refractivity contribution in [1.82, 2.24) is 10.6 Å². The summed E-state index contributed by atoms with van der Waals surface area (Å²) in [6.07, 6.45) is 0.159. The van der Waals surface area contributed by atoms with Gasteiger partial charge < -0.3 is 20.7 Å². The maximum atomic E-state index is 11.7. The van der Waals surface area contributed by atoms with E-state index in [0.29, 0.717) is 17.9 Å². The van der Waals surface area contributed by atoms with E-state index in [0.717, 1.165) is 5.56 Å². The molecular formula is C15H22ClN3O3. The van der Waals surface area contributed by atoms with Crippen molar-refractivity contribution in [3.8, 4) is 5.75 Å². The molecule has 1 aliphatic heterocycles. The molecule has 7 heteroatoms. The molecule has 2 rings (SSSR count). The molecule has 3 N–H and O–H groups in total. The molecule has 0 aliphatic carbocycles. The van der Waals surface area contributed by atoms with E-state index in [9.17, 15) is 9.59 Å². The van der Waals surface area contributed by atoms with E-state index in [1.54, 1.807) is 13.1 Å². The molecule has 6 nitrogen and oxygen atoms in total. The number of ether oxygens (including phenoxy) is 1. The molecule has 0 fully saturated rings. The van der Waals surface area contributed by atoms with E-state index >= 15 is 0 Å². The lowest BCUT2D eigenvalue weighted by Gasteiger charge is -2.26. The summed E-state index contributed by atoms with van der Waals surface area (Å²) in [5, 5.41) is 8.53. The molecule has 2 unspecified atom stereocenters. The molecule has 0 spiro atoms. The zero-order valence-corrected chi connectivity index (χ0v) is 13.8. The SMILES string of the molecule is CCC1Oc2cc(C(C)NC(=O)CNC)ccc2NC1=O.Cl. The average molecular weight is 328 g/mol. The van der Waals surface area contributed by atoms with Crippen molar-refractivity contribution in [3.05, 3.63) is 23.8 Å². The minimum absolute atomic E-state index is 0. The topological polar surface area (TPSA) is 79.5 Å². The lowest BCUT2D eigenvalue weighted by Crippen LogP contribution is -2.36. The number of anilines is 1. The van der Waals surface area contributed by atoms with Gasteiger partial charge >= 0.3 is 0 Å². The third kappa shape index (κ3) is 4.11. The van der Waals surface area contributed by atoms with Gasteiger partial charge in [-0.05, 0) is 38.1 Å². The Bertz CT molecular complexity index is 551. The van der Waals surface area contributed by atoms with E-state index in [4.69, 9.17) is 4.74 Å². The number of carbonyl (C=O) groups is 2. The standard InChI is InChI=1S/C15H21N3O3.ClH/c1-4-12-15(20)18-11-6-5-10(7-13(11)21-12)9(2)17-14(19)8-16-3;/h5-7,9,12,16H,4,8H2,1-3H3,(H,17,19)(H,18,20);1H. The number of nitrogens with one attached hydrogen (secondary N) is 3. The number of carbonyl (C=O) groups excluding carboxylic acids is 2. The highest BCUT2D eigenvalue weighted by Gasteiger charge is 2.26. The van der Waals surface area contributed by atoms with Crippen molar-refractivity contribution >= 4 is 29.9 Å². The van der Waals surface area contributed by atoms with Crippen LogP contribution in [0.1, 0.15) is 31.9 Å². The summed E-state index contributed by atoms with van der Waals surface area (Å²) in [6, 6.07) is 5.41. The number of hydrogen-bond acceptors (Lipinski definition) is 4. The van der Waals surface area contributed by atoms with E-state index in [-0.39, 0.29) is 36.8 Å². The van der Waals surface area contributed by atoms with Crippen LogP contribution in [0.5, 0.6) is 5.75 Å². The third-order valence-electron chi connectivity index (χ3n) is 3.41. The molecule has 1 aromatic rings. The molecule has 0 bridgehead atoms. The van der Waals surface area contributed by atoms with Gasteiger partial charge in [0, 0.05) is 0 Å². The van der Waals surface area contributed by atoms with Gasteiger partial charge in [-0.2, -0.15) is 0 Å². The van der Waals surface area contributed by atoms with Crippen molar-refractivity contribution in [1.29, 1.82) is 0 Å². The molecular weight excluding hydrogens is 306 g/mol. The maximum Gasteiger partial charge on any atom is 0.265 e. The normalized spacial score (nSPS) is 17.4. The van der Waals surface area contributed by atoms with Crippen LogP contribution in [0.25, 0.3) is 0 Å². The largest absolute Gasteiger partial charge is 0.478 e. The van der Waals surface area contributed by atoms with Gasteiger partial charge in [0.25, 0.3) is 5.91 Å². The van der Waals surface area contributed by atoms with E-state index in [1.807, 2.05) is 26.0 Å². The summed E-state index contributed by atoms with van der Waals surface area (Å²) in [5.41, 5.74) is 1.60. The number of fused-ring (bicyclic) bond motifs is 1. The number of likely N-dealkylation sites (N-methyl/N-ethyl adjacent to an activating group) is 1. The van der Waals surface area contributed by atoms with Crippen molar-refractivity contribution in [2.24, 2.45) is 0 Å². The predicted octanol–water partition coefficient (Wildman–Crippen LogP) is 1.61. The molecule has 22 heavy (non-hydrogen) atoms. The number of hydrogen-bond donors (Lipinski definition) is 3. The summed E-state index contributed by atoms with van der Waals surface area (Å²) < 4.78 is 5.70. The highest BCUT2D eigenvalue weighted by Crippen LogP contribution is 2.32. The number of halogens is 1. The molecule has 2 atom stereocenters. The minimum Gasteiger partial charge on any atom is -0.478 e. The minimum atomic E-state index is -0.457. The molecule has 0 saturated carbocycles. The van der Waals surface area contributed by atoms with Crippen LogP contribution in [-0.4, -0.2) is 31.5 Å². The molecule has 0 aromatic heterocycles. The van der Waals surface area contributed by atoms with E-state index < -0.39 is 6.10 Å². The summed E-state index contributed by atoms with van der Waals surface area (Å²) >= 11 is 0. The van der Waals surface area contributed by atoms with Crippen molar-refractivity contribution in [3.63, 3.8) is 0 Å². The van der Waals surface area contributed by atoms with Crippen LogP contribution in [0.15, 0.2) is 18.2 Å². The monoisotopic (exact) mass is 327 g/mol. The highest BCUT2D eigenvalue weighted by molar-refractivity contribution is 5.97. The number of benzene rings is 1. The van der Waals surface area contributed by atoms with Crippen molar-refractivity contribution < 1.29 is 14.3 Å². The third-order valence-corrected chi connectivity index (χ3v) is 3.41. The van der Waals surface area contributed by atoms with Crippen LogP contribution in [-0.2, 0) is 9.59 Å². The maximum absolute atomic E-state index is 11.7. The Kier molecular flexibility index (Phi) is 6.64. The fourth-order valence-corrected chi connectivity index (χ4v) is 2.23. The second-order valence-corrected chi connectivity index (χ2v) is 5.08. The zero-order valence-electron chi connectivity index (χ0n) is 12.9. The first-order chi connectivity index (χ1) is 10.0. The summed E-state index contributed by atoms with van der Waals surface area (Å²) in [7, 11) is 1.73. The molecule has 1 aliphatic rings. The Morgan fingerprint density at radius 3 is 2.82 bits per heavy atom. The lowest BCUT2D eigenvalue weighted by atomic mass is 10.1. The Labute approximate surface area is 136 Å². The molecule has 2 amide bonds. The van der Waals surface area contributed by atoms with Gasteiger partial charge in [-0.3, -0.25) is 9.59 Å². The highest BCUT2D eigenvalue weighted by atomic mass is 35.5. The Hall–Kier alpha value is -1.79. The first kappa shape index (κ1) is 18.3. The molecule has 1 aromatic carbocycles. The van der Waals surface area contributed by atoms with Gasteiger partial charge in [-0.25, -0.2) is 0 Å². The van der Waals surface area contributed by atoms with Crippen LogP contribution in [0.3, 0.4) is 0 Å². The van der Waals surface area contributed by atoms with Crippen LogP contribution in [0.4, 0.5) is 5.69 Å². The number of rotatable bonds is 5. The lowest BCUT2D eigenvalue weighted by molar-refractivity contribution is -0.123. The fraction of sp³-hybridized carbons (Fsp3) is 0.467. The zero-order chi connectivity index (χ0) is 15.4. The summed E-state index contributed by atoms with van der Waals surface area (Å²) in [6.45, 7) is 4.09. The van der Waals surface area contributed by atoms with Gasteiger partial charge in [-0.1, -0.05) is 13.0 Å². The first-order valence-corrected chi connectivity index (χ1v) is 7.10. The second kappa shape index (κ2) is 8.00. The van der Waals surface area contributed by atoms with Crippen LogP contribution >= 0.6 is 12.4 Å². The van der Waals surface area contributed by atoms with Crippen LogP contribution < -0.4 is 20.7 Å². The van der Waals surface area contributed by atoms with Gasteiger partial charge in [0.05, 0.1) is 18.3 Å². The molecule has 1 heterocycles. The Balaban J connectivity index is 0.00000242.